The van der Waals surface area contributed by atoms with Crippen molar-refractivity contribution < 1.29 is 14.3 Å². The minimum Gasteiger partial charge on any atom is -0.432 e. The molecule has 0 N–H and O–H groups in total. The summed E-state index contributed by atoms with van der Waals surface area (Å²) in [4.78, 5) is 24.9. The molecule has 0 spiro atoms. The average Bonchev–Trinajstić information content (AvgIpc) is 3.20. The van der Waals surface area contributed by atoms with Gasteiger partial charge in [0.15, 0.2) is 0 Å². The number of carbonyl (C=O) groups excluding carboxylic acids is 2. The first kappa shape index (κ1) is 25.5. The predicted octanol–water partition coefficient (Wildman–Crippen LogP) is 8.12. The number of rotatable bonds is 4. The summed E-state index contributed by atoms with van der Waals surface area (Å²) in [5.74, 6) is 3.49. The van der Waals surface area contributed by atoms with Crippen LogP contribution >= 0.6 is 0 Å². The van der Waals surface area contributed by atoms with Crippen molar-refractivity contribution in [3.05, 3.63) is 12.3 Å². The third-order valence-corrected chi connectivity index (χ3v) is 13.6. The summed E-state index contributed by atoms with van der Waals surface area (Å²) in [5.41, 5.74) is 1.14. The van der Waals surface area contributed by atoms with Gasteiger partial charge in [0.25, 0.3) is 0 Å². The van der Waals surface area contributed by atoms with Gasteiger partial charge in [-0.3, -0.25) is 4.79 Å². The van der Waals surface area contributed by atoms with Gasteiger partial charge in [0.05, 0.1) is 5.76 Å². The Morgan fingerprint density at radius 3 is 2.29 bits per heavy atom. The van der Waals surface area contributed by atoms with E-state index >= 15 is 0 Å². The molecule has 0 heterocycles. The van der Waals surface area contributed by atoms with Gasteiger partial charge < -0.3 is 9.53 Å². The molecule has 3 nitrogen and oxygen atoms in total. The van der Waals surface area contributed by atoms with Gasteiger partial charge in [0.2, 0.25) is 0 Å². The Labute approximate surface area is 214 Å². The highest BCUT2D eigenvalue weighted by Crippen LogP contribution is 2.77. The second-order valence-corrected chi connectivity index (χ2v) is 15.0. The molecule has 0 bridgehead atoms. The third-order valence-electron chi connectivity index (χ3n) is 13.6. The lowest BCUT2D eigenvalue weighted by Gasteiger charge is -2.72. The van der Waals surface area contributed by atoms with E-state index in [9.17, 15) is 9.59 Å². The van der Waals surface area contributed by atoms with Crippen molar-refractivity contribution in [3.63, 3.8) is 0 Å². The van der Waals surface area contributed by atoms with Crippen LogP contribution in [0.3, 0.4) is 0 Å². The molecule has 196 valence electrons. The largest absolute Gasteiger partial charge is 0.432 e. The summed E-state index contributed by atoms with van der Waals surface area (Å²) in [6, 6.07) is 0. The van der Waals surface area contributed by atoms with Gasteiger partial charge in [-0.1, -0.05) is 47.6 Å². The fourth-order valence-corrected chi connectivity index (χ4v) is 11.7. The highest BCUT2D eigenvalue weighted by atomic mass is 16.5. The summed E-state index contributed by atoms with van der Waals surface area (Å²) in [6.45, 7) is 18.3. The van der Waals surface area contributed by atoms with Crippen molar-refractivity contribution in [2.24, 2.45) is 56.7 Å². The number of esters is 1. The lowest BCUT2D eigenvalue weighted by Crippen LogP contribution is -2.66. The van der Waals surface area contributed by atoms with Crippen molar-refractivity contribution in [2.75, 3.05) is 0 Å². The van der Waals surface area contributed by atoms with E-state index in [4.69, 9.17) is 4.74 Å². The van der Waals surface area contributed by atoms with Gasteiger partial charge in [-0.05, 0) is 122 Å². The first-order chi connectivity index (χ1) is 16.3. The summed E-state index contributed by atoms with van der Waals surface area (Å²) >= 11 is 0. The number of allylic oxidation sites excluding steroid dienone is 1. The predicted molar refractivity (Wildman–Crippen MR) is 140 cm³/mol. The summed E-state index contributed by atoms with van der Waals surface area (Å²) in [7, 11) is 0. The quantitative estimate of drug-likeness (QED) is 0.231. The zero-order valence-corrected chi connectivity index (χ0v) is 23.4. The van der Waals surface area contributed by atoms with Gasteiger partial charge in [0.1, 0.15) is 6.29 Å². The number of aldehydes is 1. The summed E-state index contributed by atoms with van der Waals surface area (Å²) in [5, 5.41) is 0. The SMILES string of the molecule is C=C(C)OC(=O)CC1CCC2(C)C(CCC3(C)C2CCC2C4CCCC4(C=O)CCC23C)C1(C)C. The van der Waals surface area contributed by atoms with E-state index in [1.807, 2.05) is 0 Å². The molecule has 35 heavy (non-hydrogen) atoms. The van der Waals surface area contributed by atoms with E-state index in [2.05, 4.69) is 41.2 Å². The van der Waals surface area contributed by atoms with Crippen LogP contribution in [0.2, 0.25) is 0 Å². The van der Waals surface area contributed by atoms with Gasteiger partial charge in [0, 0.05) is 11.8 Å². The highest BCUT2D eigenvalue weighted by molar-refractivity contribution is 5.71. The molecule has 0 amide bonds. The molecular formula is C32H50O3. The molecule has 3 heteroatoms. The average molecular weight is 483 g/mol. The van der Waals surface area contributed by atoms with Crippen LogP contribution in [0.5, 0.6) is 0 Å². The van der Waals surface area contributed by atoms with Gasteiger partial charge in [-0.15, -0.1) is 0 Å². The molecule has 5 saturated carbocycles. The number of hydrogen-bond donors (Lipinski definition) is 0. The minimum atomic E-state index is -0.106. The van der Waals surface area contributed by atoms with E-state index in [1.54, 1.807) is 6.92 Å². The molecule has 5 fully saturated rings. The summed E-state index contributed by atoms with van der Waals surface area (Å²) < 4.78 is 5.38. The Hall–Kier alpha value is -1.12. The van der Waals surface area contributed by atoms with Crippen LogP contribution in [0, 0.1) is 56.7 Å². The topological polar surface area (TPSA) is 43.4 Å². The molecule has 5 aliphatic rings. The zero-order valence-electron chi connectivity index (χ0n) is 23.4. The van der Waals surface area contributed by atoms with Crippen LogP contribution < -0.4 is 0 Å². The van der Waals surface area contributed by atoms with Crippen LogP contribution in [-0.2, 0) is 14.3 Å². The fraction of sp³-hybridized carbons (Fsp3) is 0.875. The standard InChI is InChI=1S/C32H50O3/c1-21(2)35-27(34)19-22-12-15-29(5)25(28(22,3)4)13-16-31(7)26(29)11-10-23-24-9-8-14-32(24,20-33)18-17-30(23,31)6/h20,22-26H,1,8-19H2,2-7H3. The number of hydrogen-bond acceptors (Lipinski definition) is 3. The monoisotopic (exact) mass is 482 g/mol. The Morgan fingerprint density at radius 2 is 1.60 bits per heavy atom. The maximum absolute atomic E-state index is 12.6. The lowest BCUT2D eigenvalue weighted by atomic mass is 9.32. The maximum atomic E-state index is 12.6. The lowest BCUT2D eigenvalue weighted by molar-refractivity contribution is -0.238. The molecule has 9 atom stereocenters. The first-order valence-corrected chi connectivity index (χ1v) is 14.7. The Bertz CT molecular complexity index is 904. The highest BCUT2D eigenvalue weighted by Gasteiger charge is 2.69. The first-order valence-electron chi connectivity index (χ1n) is 14.7. The second-order valence-electron chi connectivity index (χ2n) is 15.0. The third kappa shape index (κ3) is 3.41. The van der Waals surface area contributed by atoms with Crippen molar-refractivity contribution in [1.82, 2.24) is 0 Å². The van der Waals surface area contributed by atoms with Crippen molar-refractivity contribution in [2.45, 2.75) is 119 Å². The Balaban J connectivity index is 1.43. The molecule has 5 aliphatic carbocycles. The molecule has 0 saturated heterocycles. The van der Waals surface area contributed by atoms with E-state index in [0.29, 0.717) is 52.1 Å². The molecule has 9 unspecified atom stereocenters. The molecule has 5 rings (SSSR count). The maximum Gasteiger partial charge on any atom is 0.311 e. The molecule has 0 aliphatic heterocycles. The van der Waals surface area contributed by atoms with Crippen LogP contribution in [0.1, 0.15) is 119 Å². The van der Waals surface area contributed by atoms with E-state index in [-0.39, 0.29) is 16.8 Å². The van der Waals surface area contributed by atoms with Crippen molar-refractivity contribution >= 4 is 12.3 Å². The van der Waals surface area contributed by atoms with E-state index in [0.717, 1.165) is 25.2 Å². The van der Waals surface area contributed by atoms with Crippen LogP contribution in [0.15, 0.2) is 12.3 Å². The molecular weight excluding hydrogens is 432 g/mol. The van der Waals surface area contributed by atoms with Gasteiger partial charge >= 0.3 is 5.97 Å². The Morgan fingerprint density at radius 1 is 0.857 bits per heavy atom. The molecule has 0 aromatic rings. The molecule has 0 aromatic heterocycles. The van der Waals surface area contributed by atoms with Crippen LogP contribution in [0.25, 0.3) is 0 Å². The minimum absolute atomic E-state index is 0.00702. The van der Waals surface area contributed by atoms with E-state index in [1.165, 1.54) is 57.7 Å². The molecule has 0 radical (unpaired) electrons. The second kappa shape index (κ2) is 8.19. The van der Waals surface area contributed by atoms with Gasteiger partial charge in [-0.2, -0.15) is 0 Å². The van der Waals surface area contributed by atoms with Gasteiger partial charge in [-0.25, -0.2) is 0 Å². The van der Waals surface area contributed by atoms with Crippen LogP contribution in [0.4, 0.5) is 0 Å². The van der Waals surface area contributed by atoms with E-state index < -0.39 is 0 Å². The number of fused-ring (bicyclic) bond motifs is 7. The number of ether oxygens (including phenoxy) is 1. The Kier molecular flexibility index (Phi) is 5.97. The fourth-order valence-electron chi connectivity index (χ4n) is 11.7. The van der Waals surface area contributed by atoms with Crippen molar-refractivity contribution in [3.8, 4) is 0 Å². The normalized spacial score (nSPS) is 50.2. The van der Waals surface area contributed by atoms with Crippen LogP contribution in [-0.4, -0.2) is 12.3 Å². The number of carbonyl (C=O) groups is 2. The zero-order chi connectivity index (χ0) is 25.4. The van der Waals surface area contributed by atoms with Crippen molar-refractivity contribution in [1.29, 1.82) is 0 Å². The molecule has 0 aromatic carbocycles. The smallest absolute Gasteiger partial charge is 0.311 e. The summed E-state index contributed by atoms with van der Waals surface area (Å²) in [6.07, 6.45) is 15.5.